The summed E-state index contributed by atoms with van der Waals surface area (Å²) in [5, 5.41) is 3.03. The van der Waals surface area contributed by atoms with Crippen molar-refractivity contribution in [2.24, 2.45) is 23.2 Å². The number of halogens is 3. The van der Waals surface area contributed by atoms with Gasteiger partial charge in [-0.25, -0.2) is 18.4 Å². The fourth-order valence-corrected chi connectivity index (χ4v) is 8.95. The van der Waals surface area contributed by atoms with Crippen molar-refractivity contribution in [2.75, 3.05) is 11.9 Å². The molecule has 4 bridgehead atoms. The molecule has 0 unspecified atom stereocenters. The molecular weight excluding hydrogens is 493 g/mol. The van der Waals surface area contributed by atoms with Crippen LogP contribution in [-0.4, -0.2) is 35.1 Å². The Morgan fingerprint density at radius 3 is 2.31 bits per heavy atom. The molecule has 7 rings (SSSR count). The molecule has 192 valence electrons. The van der Waals surface area contributed by atoms with Gasteiger partial charge >= 0.3 is 6.18 Å². The lowest BCUT2D eigenvalue weighted by Gasteiger charge is -2.55. The average molecular weight is 521 g/mol. The number of hydrogen-bond acceptors (Lipinski definition) is 5. The van der Waals surface area contributed by atoms with Crippen molar-refractivity contribution in [3.8, 4) is 0 Å². The lowest BCUT2D eigenvalue weighted by molar-refractivity contribution is -0.140. The first-order chi connectivity index (χ1) is 17.0. The second-order valence-corrected chi connectivity index (χ2v) is 12.8. The molecule has 4 fully saturated rings. The molecule has 5 aliphatic rings. The molecule has 0 radical (unpaired) electrons. The van der Waals surface area contributed by atoms with Crippen molar-refractivity contribution in [1.82, 2.24) is 14.3 Å². The number of anilines is 1. The fraction of sp³-hybridized carbons (Fsp3) is 0.560. The van der Waals surface area contributed by atoms with Crippen molar-refractivity contribution in [1.29, 1.82) is 0 Å². The first kappa shape index (κ1) is 23.8. The van der Waals surface area contributed by atoms with Gasteiger partial charge in [-0.2, -0.15) is 17.5 Å². The van der Waals surface area contributed by atoms with E-state index in [2.05, 4.69) is 15.3 Å². The second kappa shape index (κ2) is 8.24. The molecule has 11 heteroatoms. The van der Waals surface area contributed by atoms with E-state index < -0.39 is 26.7 Å². The van der Waals surface area contributed by atoms with Gasteiger partial charge < -0.3 is 5.32 Å². The smallest absolute Gasteiger partial charge is 0.310 e. The summed E-state index contributed by atoms with van der Waals surface area (Å²) < 4.78 is 67.9. The molecule has 7 nitrogen and oxygen atoms in total. The van der Waals surface area contributed by atoms with Gasteiger partial charge in [-0.15, -0.1) is 0 Å². The summed E-state index contributed by atoms with van der Waals surface area (Å²) in [7, 11) is -4.42. The molecule has 1 aromatic heterocycles. The predicted molar refractivity (Wildman–Crippen MR) is 124 cm³/mol. The van der Waals surface area contributed by atoms with Gasteiger partial charge in [0, 0.05) is 12.1 Å². The number of nitrogens with one attached hydrogen (secondary N) is 1. The maximum atomic E-state index is 13.5. The highest BCUT2D eigenvalue weighted by Crippen LogP contribution is 2.60. The second-order valence-electron chi connectivity index (χ2n) is 10.9. The Labute approximate surface area is 207 Å². The third kappa shape index (κ3) is 3.91. The van der Waals surface area contributed by atoms with Crippen LogP contribution in [0.5, 0.6) is 0 Å². The molecule has 2 heterocycles. The minimum Gasteiger partial charge on any atom is -0.310 e. The molecule has 4 aliphatic carbocycles. The van der Waals surface area contributed by atoms with Gasteiger partial charge in [-0.1, -0.05) is 12.1 Å². The summed E-state index contributed by atoms with van der Waals surface area (Å²) in [6.45, 7) is -0.220. The zero-order valence-electron chi connectivity index (χ0n) is 19.6. The van der Waals surface area contributed by atoms with E-state index in [-0.39, 0.29) is 30.8 Å². The van der Waals surface area contributed by atoms with Gasteiger partial charge in [0.2, 0.25) is 15.9 Å². The molecule has 1 aliphatic heterocycles. The van der Waals surface area contributed by atoms with E-state index in [0.717, 1.165) is 35.7 Å². The highest BCUT2D eigenvalue weighted by Gasteiger charge is 2.54. The SMILES string of the molecule is O=C(Nc1ncnc2c1CCN(S(=O)(=O)c1ccccc1C(F)(F)F)C2)C12CC3CC(CC(C3)C1)C2. The maximum absolute atomic E-state index is 13.5. The normalized spacial score (nSPS) is 29.7. The van der Waals surface area contributed by atoms with Gasteiger partial charge in [0.25, 0.3) is 0 Å². The van der Waals surface area contributed by atoms with Crippen LogP contribution in [-0.2, 0) is 34.0 Å². The first-order valence-electron chi connectivity index (χ1n) is 12.4. The highest BCUT2D eigenvalue weighted by molar-refractivity contribution is 7.89. The van der Waals surface area contributed by atoms with Crippen LogP contribution in [0.3, 0.4) is 0 Å². The number of hydrogen-bond donors (Lipinski definition) is 1. The zero-order valence-corrected chi connectivity index (χ0v) is 20.4. The average Bonchev–Trinajstić information content (AvgIpc) is 2.82. The van der Waals surface area contributed by atoms with E-state index in [4.69, 9.17) is 0 Å². The van der Waals surface area contributed by atoms with Gasteiger partial charge in [0.15, 0.2) is 0 Å². The monoisotopic (exact) mass is 520 g/mol. The van der Waals surface area contributed by atoms with Crippen molar-refractivity contribution in [2.45, 2.75) is 62.6 Å². The number of nitrogens with zero attached hydrogens (tertiary/aromatic N) is 3. The topological polar surface area (TPSA) is 92.3 Å². The summed E-state index contributed by atoms with van der Waals surface area (Å²) >= 11 is 0. The number of rotatable bonds is 4. The zero-order chi connectivity index (χ0) is 25.3. The Morgan fingerprint density at radius 2 is 1.67 bits per heavy atom. The third-order valence-corrected chi connectivity index (χ3v) is 10.4. The number of alkyl halides is 3. The number of fused-ring (bicyclic) bond motifs is 1. The van der Waals surface area contributed by atoms with Crippen molar-refractivity contribution in [3.63, 3.8) is 0 Å². The Hall–Kier alpha value is -2.53. The third-order valence-electron chi connectivity index (χ3n) is 8.53. The fourth-order valence-electron chi connectivity index (χ4n) is 7.34. The molecule has 1 N–H and O–H groups in total. The Bertz CT molecular complexity index is 1290. The van der Waals surface area contributed by atoms with E-state index in [9.17, 15) is 26.4 Å². The van der Waals surface area contributed by atoms with Crippen LogP contribution in [0, 0.1) is 23.2 Å². The van der Waals surface area contributed by atoms with Crippen LogP contribution in [0.15, 0.2) is 35.5 Å². The lowest BCUT2D eigenvalue weighted by atomic mass is 9.49. The van der Waals surface area contributed by atoms with Crippen LogP contribution in [0.25, 0.3) is 0 Å². The molecule has 4 saturated carbocycles. The van der Waals surface area contributed by atoms with Crippen LogP contribution in [0.2, 0.25) is 0 Å². The van der Waals surface area contributed by atoms with Crippen LogP contribution in [0.4, 0.5) is 19.0 Å². The predicted octanol–water partition coefficient (Wildman–Crippen LogP) is 4.40. The quantitative estimate of drug-likeness (QED) is 0.645. The van der Waals surface area contributed by atoms with E-state index in [1.54, 1.807) is 0 Å². The number of carbonyl (C=O) groups excluding carboxylic acids is 1. The first-order valence-corrected chi connectivity index (χ1v) is 13.8. The van der Waals surface area contributed by atoms with Gasteiger partial charge in [0.1, 0.15) is 12.1 Å². The molecule has 1 aromatic carbocycles. The highest BCUT2D eigenvalue weighted by atomic mass is 32.2. The van der Waals surface area contributed by atoms with Gasteiger partial charge in [-0.3, -0.25) is 4.79 Å². The van der Waals surface area contributed by atoms with Crippen molar-refractivity contribution >= 4 is 21.7 Å². The van der Waals surface area contributed by atoms with E-state index >= 15 is 0 Å². The summed E-state index contributed by atoms with van der Waals surface area (Å²) in [6.07, 6.45) is 3.04. The molecular formula is C25H27F3N4O3S. The lowest BCUT2D eigenvalue weighted by Crippen LogP contribution is -2.52. The Morgan fingerprint density at radius 1 is 1.03 bits per heavy atom. The molecule has 2 aromatic rings. The largest absolute Gasteiger partial charge is 0.417 e. The van der Waals surface area contributed by atoms with Gasteiger partial charge in [-0.05, 0) is 74.8 Å². The summed E-state index contributed by atoms with van der Waals surface area (Å²) in [5.74, 6) is 2.20. The molecule has 1 amide bonds. The number of benzene rings is 1. The van der Waals surface area contributed by atoms with E-state index in [1.165, 1.54) is 37.7 Å². The minimum atomic E-state index is -4.80. The Balaban J connectivity index is 1.24. The summed E-state index contributed by atoms with van der Waals surface area (Å²) in [4.78, 5) is 21.2. The molecule has 36 heavy (non-hydrogen) atoms. The van der Waals surface area contributed by atoms with Crippen molar-refractivity contribution in [3.05, 3.63) is 47.4 Å². The number of sulfonamides is 1. The van der Waals surface area contributed by atoms with E-state index in [1.807, 2.05) is 0 Å². The van der Waals surface area contributed by atoms with Crippen LogP contribution < -0.4 is 5.32 Å². The van der Waals surface area contributed by atoms with Crippen molar-refractivity contribution < 1.29 is 26.4 Å². The Kier molecular flexibility index (Phi) is 5.46. The van der Waals surface area contributed by atoms with Gasteiger partial charge in [0.05, 0.1) is 28.1 Å². The molecule has 0 atom stereocenters. The molecule has 0 saturated heterocycles. The summed E-state index contributed by atoms with van der Waals surface area (Å²) in [5.41, 5.74) is -0.518. The molecule has 0 spiro atoms. The minimum absolute atomic E-state index is 0.0170. The standard InChI is InChI=1S/C25H27F3N4O3S/c26-25(27,28)19-3-1-2-4-21(19)36(34,35)32-6-5-18-20(13-32)29-14-30-22(18)31-23(33)24-10-15-7-16(11-24)9-17(8-15)12-24/h1-4,14-17H,5-13H2,(H,29,30,31,33). The van der Waals surface area contributed by atoms with Crippen LogP contribution in [0.1, 0.15) is 55.3 Å². The van der Waals surface area contributed by atoms with E-state index in [0.29, 0.717) is 34.8 Å². The summed E-state index contributed by atoms with van der Waals surface area (Å²) in [6, 6.07) is 4.19. The number of amides is 1. The number of aromatic nitrogens is 2. The number of carbonyl (C=O) groups is 1. The van der Waals surface area contributed by atoms with Crippen LogP contribution >= 0.6 is 0 Å². The maximum Gasteiger partial charge on any atom is 0.417 e.